The summed E-state index contributed by atoms with van der Waals surface area (Å²) in [5.74, 6) is 0.660. The van der Waals surface area contributed by atoms with Gasteiger partial charge in [-0.1, -0.05) is 12.1 Å². The van der Waals surface area contributed by atoms with Gasteiger partial charge in [-0.15, -0.1) is 0 Å². The first-order valence-corrected chi connectivity index (χ1v) is 10.2. The first kappa shape index (κ1) is 17.2. The van der Waals surface area contributed by atoms with Crippen molar-refractivity contribution in [2.24, 2.45) is 5.41 Å². The smallest absolute Gasteiger partial charge is 0.213 e. The fourth-order valence-electron chi connectivity index (χ4n) is 3.15. The molecule has 2 aliphatic carbocycles. The number of benzene rings is 1. The van der Waals surface area contributed by atoms with Crippen molar-refractivity contribution < 1.29 is 13.2 Å². The van der Waals surface area contributed by atoms with E-state index in [1.807, 2.05) is 25.1 Å². The van der Waals surface area contributed by atoms with Crippen LogP contribution in [0.2, 0.25) is 0 Å². The minimum absolute atomic E-state index is 0.110. The number of sulfonamides is 1. The van der Waals surface area contributed by atoms with Gasteiger partial charge in [-0.2, -0.15) is 5.26 Å². The third kappa shape index (κ3) is 4.28. The lowest BCUT2D eigenvalue weighted by molar-refractivity contribution is 0.207. The number of nitrogens with one attached hydrogen (secondary N) is 1. The molecule has 2 fully saturated rings. The standard InChI is InChI=1S/C18H24N2O3S/c1-14-6-7-15(17(10-14)23-16-4-2-3-5-16)11-20-24(21,22)13-18(12-19)8-9-18/h6-7,10,16,20H,2-5,8-9,11,13H2,1H3. The Kier molecular flexibility index (Phi) is 4.84. The van der Waals surface area contributed by atoms with Gasteiger partial charge in [0.15, 0.2) is 0 Å². The van der Waals surface area contributed by atoms with Gasteiger partial charge in [-0.05, 0) is 57.1 Å². The second kappa shape index (κ2) is 6.73. The molecule has 2 aliphatic rings. The zero-order valence-electron chi connectivity index (χ0n) is 14.0. The first-order valence-electron chi connectivity index (χ1n) is 8.56. The Morgan fingerprint density at radius 1 is 1.33 bits per heavy atom. The Bertz CT molecular complexity index is 742. The molecule has 0 amide bonds. The molecule has 5 nitrogen and oxygen atoms in total. The molecule has 24 heavy (non-hydrogen) atoms. The second-order valence-electron chi connectivity index (χ2n) is 7.11. The van der Waals surface area contributed by atoms with Crippen LogP contribution in [0.4, 0.5) is 0 Å². The molecular formula is C18H24N2O3S. The Hall–Kier alpha value is -1.58. The summed E-state index contributed by atoms with van der Waals surface area (Å²) in [5, 5.41) is 9.08. The summed E-state index contributed by atoms with van der Waals surface area (Å²) in [7, 11) is -3.47. The van der Waals surface area contributed by atoms with Crippen LogP contribution >= 0.6 is 0 Å². The fraction of sp³-hybridized carbons (Fsp3) is 0.611. The van der Waals surface area contributed by atoms with E-state index in [4.69, 9.17) is 10.00 Å². The molecule has 2 saturated carbocycles. The van der Waals surface area contributed by atoms with Crippen LogP contribution < -0.4 is 9.46 Å². The van der Waals surface area contributed by atoms with Gasteiger partial charge in [-0.3, -0.25) is 0 Å². The van der Waals surface area contributed by atoms with Crippen molar-refractivity contribution in [2.45, 2.75) is 58.1 Å². The average Bonchev–Trinajstić information content (AvgIpc) is 3.10. The number of nitriles is 1. The van der Waals surface area contributed by atoms with Crippen LogP contribution in [0, 0.1) is 23.7 Å². The molecule has 1 aromatic rings. The summed E-state index contributed by atoms with van der Waals surface area (Å²) in [6, 6.07) is 7.98. The molecule has 0 aliphatic heterocycles. The molecule has 0 heterocycles. The van der Waals surface area contributed by atoms with E-state index < -0.39 is 15.4 Å². The number of ether oxygens (including phenoxy) is 1. The Labute approximate surface area is 144 Å². The van der Waals surface area contributed by atoms with Crippen LogP contribution in [0.25, 0.3) is 0 Å². The van der Waals surface area contributed by atoms with Gasteiger partial charge >= 0.3 is 0 Å². The molecule has 1 N–H and O–H groups in total. The van der Waals surface area contributed by atoms with E-state index in [1.165, 1.54) is 12.8 Å². The van der Waals surface area contributed by atoms with Crippen LogP contribution in [0.1, 0.15) is 49.7 Å². The lowest BCUT2D eigenvalue weighted by Gasteiger charge is -2.18. The number of nitrogens with zero attached hydrogens (tertiary/aromatic N) is 1. The highest BCUT2D eigenvalue weighted by Gasteiger charge is 2.46. The summed E-state index contributed by atoms with van der Waals surface area (Å²) in [4.78, 5) is 0. The van der Waals surface area contributed by atoms with Crippen LogP contribution in [-0.4, -0.2) is 20.3 Å². The zero-order valence-corrected chi connectivity index (χ0v) is 14.9. The van der Waals surface area contributed by atoms with Gasteiger partial charge in [0.1, 0.15) is 5.75 Å². The van der Waals surface area contributed by atoms with E-state index in [-0.39, 0.29) is 18.4 Å². The number of aryl methyl sites for hydroxylation is 1. The van der Waals surface area contributed by atoms with Gasteiger partial charge < -0.3 is 4.74 Å². The average molecular weight is 348 g/mol. The fourth-order valence-corrected chi connectivity index (χ4v) is 4.70. The highest BCUT2D eigenvalue weighted by Crippen LogP contribution is 2.45. The normalized spacial score (nSPS) is 19.8. The van der Waals surface area contributed by atoms with Gasteiger partial charge in [0.25, 0.3) is 0 Å². The number of hydrogen-bond donors (Lipinski definition) is 1. The van der Waals surface area contributed by atoms with Crippen molar-refractivity contribution in [1.29, 1.82) is 5.26 Å². The zero-order chi connectivity index (χ0) is 17.2. The van der Waals surface area contributed by atoms with E-state index >= 15 is 0 Å². The van der Waals surface area contributed by atoms with Gasteiger partial charge in [0, 0.05) is 12.1 Å². The predicted octanol–water partition coefficient (Wildman–Crippen LogP) is 3.04. The molecule has 0 atom stereocenters. The van der Waals surface area contributed by atoms with Crippen LogP contribution in [0.3, 0.4) is 0 Å². The predicted molar refractivity (Wildman–Crippen MR) is 92.0 cm³/mol. The van der Waals surface area contributed by atoms with Gasteiger partial charge in [-0.25, -0.2) is 13.1 Å². The summed E-state index contributed by atoms with van der Waals surface area (Å²) in [6.07, 6.45) is 6.07. The Morgan fingerprint density at radius 2 is 2.04 bits per heavy atom. The quantitative estimate of drug-likeness (QED) is 0.821. The molecule has 130 valence electrons. The molecule has 0 spiro atoms. The molecule has 0 radical (unpaired) electrons. The molecule has 3 rings (SSSR count). The van der Waals surface area contributed by atoms with Crippen molar-refractivity contribution in [3.63, 3.8) is 0 Å². The number of rotatable bonds is 7. The molecule has 0 bridgehead atoms. The lowest BCUT2D eigenvalue weighted by atomic mass is 10.1. The maximum Gasteiger partial charge on any atom is 0.213 e. The Morgan fingerprint density at radius 3 is 2.67 bits per heavy atom. The molecule has 0 saturated heterocycles. The van der Waals surface area contributed by atoms with Crippen molar-refractivity contribution >= 4 is 10.0 Å². The molecule has 6 heteroatoms. The minimum atomic E-state index is -3.47. The van der Waals surface area contributed by atoms with Crippen LogP contribution in [0.5, 0.6) is 5.75 Å². The summed E-state index contributed by atoms with van der Waals surface area (Å²) in [5.41, 5.74) is 1.27. The molecular weight excluding hydrogens is 324 g/mol. The summed E-state index contributed by atoms with van der Waals surface area (Å²) >= 11 is 0. The van der Waals surface area contributed by atoms with E-state index in [2.05, 4.69) is 10.8 Å². The van der Waals surface area contributed by atoms with Crippen molar-refractivity contribution in [2.75, 3.05) is 5.75 Å². The van der Waals surface area contributed by atoms with Crippen LogP contribution in [-0.2, 0) is 16.6 Å². The van der Waals surface area contributed by atoms with Crippen molar-refractivity contribution in [3.8, 4) is 11.8 Å². The van der Waals surface area contributed by atoms with Crippen molar-refractivity contribution in [1.82, 2.24) is 4.72 Å². The van der Waals surface area contributed by atoms with E-state index in [0.717, 1.165) is 29.7 Å². The topological polar surface area (TPSA) is 79.2 Å². The second-order valence-corrected chi connectivity index (χ2v) is 8.91. The largest absolute Gasteiger partial charge is 0.490 e. The Balaban J connectivity index is 1.67. The maximum absolute atomic E-state index is 12.2. The SMILES string of the molecule is Cc1ccc(CNS(=O)(=O)CC2(C#N)CC2)c(OC2CCCC2)c1. The lowest BCUT2D eigenvalue weighted by Crippen LogP contribution is -2.30. The first-order chi connectivity index (χ1) is 11.4. The monoisotopic (exact) mass is 348 g/mol. The molecule has 0 aromatic heterocycles. The number of hydrogen-bond acceptors (Lipinski definition) is 4. The maximum atomic E-state index is 12.2. The van der Waals surface area contributed by atoms with Crippen molar-refractivity contribution in [3.05, 3.63) is 29.3 Å². The van der Waals surface area contributed by atoms with E-state index in [0.29, 0.717) is 12.8 Å². The van der Waals surface area contributed by atoms with E-state index in [1.54, 1.807) is 0 Å². The van der Waals surface area contributed by atoms with Gasteiger partial charge in [0.05, 0.1) is 23.3 Å². The highest BCUT2D eigenvalue weighted by molar-refractivity contribution is 7.89. The highest BCUT2D eigenvalue weighted by atomic mass is 32.2. The molecule has 1 aromatic carbocycles. The van der Waals surface area contributed by atoms with Crippen LogP contribution in [0.15, 0.2) is 18.2 Å². The minimum Gasteiger partial charge on any atom is -0.490 e. The third-order valence-corrected chi connectivity index (χ3v) is 6.37. The van der Waals surface area contributed by atoms with Gasteiger partial charge in [0.2, 0.25) is 10.0 Å². The summed E-state index contributed by atoms with van der Waals surface area (Å²) < 4.78 is 33.2. The summed E-state index contributed by atoms with van der Waals surface area (Å²) in [6.45, 7) is 2.20. The molecule has 0 unspecified atom stereocenters. The van der Waals surface area contributed by atoms with E-state index in [9.17, 15) is 8.42 Å². The third-order valence-electron chi connectivity index (χ3n) is 4.86.